The van der Waals surface area contributed by atoms with Crippen molar-refractivity contribution in [1.29, 1.82) is 5.26 Å². The van der Waals surface area contributed by atoms with Gasteiger partial charge in [-0.3, -0.25) is 14.2 Å². The van der Waals surface area contributed by atoms with Crippen molar-refractivity contribution in [2.45, 2.75) is 26.1 Å². The average Bonchev–Trinajstić information content (AvgIpc) is 2.73. The van der Waals surface area contributed by atoms with Gasteiger partial charge in [-0.25, -0.2) is 18.2 Å². The topological polar surface area (TPSA) is 101 Å². The molecule has 0 fully saturated rings. The predicted octanol–water partition coefficient (Wildman–Crippen LogP) is 4.05. The minimum absolute atomic E-state index is 0.0913. The Kier molecular flexibility index (Phi) is 6.30. The van der Waals surface area contributed by atoms with Crippen LogP contribution < -0.4 is 15.9 Å². The molecule has 13 heteroatoms. The number of aromatic nitrogens is 3. The van der Waals surface area contributed by atoms with Gasteiger partial charge < -0.3 is 9.72 Å². The number of hydrogen-bond acceptors (Lipinski definition) is 5. The molecule has 0 saturated heterocycles. The molecule has 0 bridgehead atoms. The average molecular weight is 470 g/mol. The van der Waals surface area contributed by atoms with Gasteiger partial charge in [-0.15, -0.1) is 0 Å². The number of H-pyrrole nitrogens is 1. The third kappa shape index (κ3) is 4.89. The first-order chi connectivity index (χ1) is 15.4. The zero-order chi connectivity index (χ0) is 24.5. The van der Waals surface area contributed by atoms with Gasteiger partial charge in [-0.05, 0) is 25.1 Å². The molecule has 1 aromatic carbocycles. The van der Waals surface area contributed by atoms with E-state index in [2.05, 4.69) is 9.97 Å². The fourth-order valence-corrected chi connectivity index (χ4v) is 2.85. The number of halogens is 6. The van der Waals surface area contributed by atoms with Gasteiger partial charge in [0.25, 0.3) is 17.5 Å². The minimum Gasteiger partial charge on any atom is -0.449 e. The number of aromatic amines is 1. The van der Waals surface area contributed by atoms with Crippen LogP contribution in [0.25, 0.3) is 0 Å². The van der Waals surface area contributed by atoms with Gasteiger partial charge >= 0.3 is 6.18 Å². The van der Waals surface area contributed by atoms with Crippen LogP contribution in [0, 0.1) is 24.1 Å². The zero-order valence-corrected chi connectivity index (χ0v) is 16.5. The predicted molar refractivity (Wildman–Crippen MR) is 101 cm³/mol. The largest absolute Gasteiger partial charge is 0.449 e. The van der Waals surface area contributed by atoms with Crippen molar-refractivity contribution in [1.82, 2.24) is 14.5 Å². The quantitative estimate of drug-likeness (QED) is 0.567. The molecule has 0 radical (unpaired) electrons. The van der Waals surface area contributed by atoms with E-state index in [0.29, 0.717) is 17.0 Å². The lowest BCUT2D eigenvalue weighted by molar-refractivity contribution is -0.142. The van der Waals surface area contributed by atoms with Crippen LogP contribution in [0.5, 0.6) is 11.5 Å². The van der Waals surface area contributed by atoms with Crippen molar-refractivity contribution in [3.63, 3.8) is 0 Å². The van der Waals surface area contributed by atoms with Gasteiger partial charge in [-0.2, -0.15) is 18.4 Å². The van der Waals surface area contributed by atoms with Gasteiger partial charge in [0.2, 0.25) is 5.75 Å². The molecule has 0 aliphatic rings. The fraction of sp³-hybridized carbons (Fsp3) is 0.200. The van der Waals surface area contributed by atoms with Crippen molar-refractivity contribution in [3.8, 4) is 17.6 Å². The van der Waals surface area contributed by atoms with E-state index >= 15 is 0 Å². The Morgan fingerprint density at radius 2 is 1.94 bits per heavy atom. The number of hydrogen-bond donors (Lipinski definition) is 1. The summed E-state index contributed by atoms with van der Waals surface area (Å²) in [6.45, 7) is 0.574. The lowest BCUT2D eigenvalue weighted by Gasteiger charge is -2.16. The Morgan fingerprint density at radius 3 is 2.55 bits per heavy atom. The van der Waals surface area contributed by atoms with Crippen molar-refractivity contribution in [3.05, 3.63) is 85.2 Å². The molecule has 0 saturated carbocycles. The number of benzene rings is 1. The molecule has 7 nitrogen and oxygen atoms in total. The maximum atomic E-state index is 13.5. The van der Waals surface area contributed by atoms with Crippen LogP contribution in [0.15, 0.2) is 40.3 Å². The number of nitrogens with one attached hydrogen (secondary N) is 1. The summed E-state index contributed by atoms with van der Waals surface area (Å²) in [7, 11) is 0. The lowest BCUT2D eigenvalue weighted by Crippen LogP contribution is -2.28. The fourth-order valence-electron chi connectivity index (χ4n) is 2.85. The van der Waals surface area contributed by atoms with E-state index in [0.717, 1.165) is 18.3 Å². The second-order valence-corrected chi connectivity index (χ2v) is 6.73. The molecule has 33 heavy (non-hydrogen) atoms. The van der Waals surface area contributed by atoms with Gasteiger partial charge in [0.15, 0.2) is 5.69 Å². The highest BCUT2D eigenvalue weighted by atomic mass is 19.4. The van der Waals surface area contributed by atoms with Crippen LogP contribution in [0.2, 0.25) is 0 Å². The number of ether oxygens (including phenoxy) is 1. The summed E-state index contributed by atoms with van der Waals surface area (Å²) in [5.41, 5.74) is -5.37. The highest BCUT2D eigenvalue weighted by molar-refractivity contribution is 5.50. The van der Waals surface area contributed by atoms with Crippen LogP contribution in [-0.4, -0.2) is 14.5 Å². The maximum absolute atomic E-state index is 13.5. The third-order valence-electron chi connectivity index (χ3n) is 4.52. The molecular formula is C20H12F6N4O3. The van der Waals surface area contributed by atoms with Gasteiger partial charge in [-0.1, -0.05) is 0 Å². The number of rotatable bonds is 5. The monoisotopic (exact) mass is 470 g/mol. The summed E-state index contributed by atoms with van der Waals surface area (Å²) in [4.78, 5) is 29.9. The molecule has 0 atom stereocenters. The van der Waals surface area contributed by atoms with E-state index in [1.54, 1.807) is 6.07 Å². The first-order valence-electron chi connectivity index (χ1n) is 8.96. The molecule has 0 aliphatic carbocycles. The molecule has 3 aromatic rings. The van der Waals surface area contributed by atoms with Crippen molar-refractivity contribution in [2.24, 2.45) is 0 Å². The van der Waals surface area contributed by atoms with Crippen LogP contribution in [0.3, 0.4) is 0 Å². The molecular weight excluding hydrogens is 458 g/mol. The number of nitriles is 1. The van der Waals surface area contributed by atoms with Gasteiger partial charge in [0.05, 0.1) is 24.5 Å². The Morgan fingerprint density at radius 1 is 1.24 bits per heavy atom. The highest BCUT2D eigenvalue weighted by Gasteiger charge is 2.39. The second-order valence-electron chi connectivity index (χ2n) is 6.73. The lowest BCUT2D eigenvalue weighted by atomic mass is 10.0. The van der Waals surface area contributed by atoms with Crippen molar-refractivity contribution in [2.75, 3.05) is 0 Å². The highest BCUT2D eigenvalue weighted by Crippen LogP contribution is 2.37. The van der Waals surface area contributed by atoms with E-state index in [-0.39, 0.29) is 16.7 Å². The Bertz CT molecular complexity index is 1370. The minimum atomic E-state index is -5.17. The summed E-state index contributed by atoms with van der Waals surface area (Å²) in [6, 6.07) is 3.95. The molecule has 172 valence electrons. The Balaban J connectivity index is 2.19. The molecule has 0 unspecified atom stereocenters. The summed E-state index contributed by atoms with van der Waals surface area (Å²) in [6.07, 6.45) is -7.01. The van der Waals surface area contributed by atoms with Crippen LogP contribution in [-0.2, 0) is 12.7 Å². The van der Waals surface area contributed by atoms with Crippen LogP contribution in [0.1, 0.15) is 34.4 Å². The number of alkyl halides is 5. The maximum Gasteiger partial charge on any atom is 0.437 e. The first kappa shape index (κ1) is 23.6. The summed E-state index contributed by atoms with van der Waals surface area (Å²) >= 11 is 0. The summed E-state index contributed by atoms with van der Waals surface area (Å²) in [5, 5.41) is 9.14. The Labute approximate surface area is 180 Å². The molecule has 0 amide bonds. The van der Waals surface area contributed by atoms with E-state index < -0.39 is 58.8 Å². The third-order valence-corrected chi connectivity index (χ3v) is 4.52. The van der Waals surface area contributed by atoms with Gasteiger partial charge in [0, 0.05) is 22.9 Å². The van der Waals surface area contributed by atoms with E-state index in [9.17, 15) is 35.9 Å². The standard InChI is InChI=1S/C20H12F6N4O3/c1-9-11(5-27)2-10(17(22)23)4-14(9)33-15-16(20(24,25)26)29-8-30(19(15)32)7-12-3-13(21)6-28-18(12)31/h2-4,6,8,17H,7H2,1H3,(H,28,31). The van der Waals surface area contributed by atoms with Crippen molar-refractivity contribution < 1.29 is 31.1 Å². The summed E-state index contributed by atoms with van der Waals surface area (Å²) < 4.78 is 85.9. The van der Waals surface area contributed by atoms with Crippen LogP contribution in [0.4, 0.5) is 26.3 Å². The normalized spacial score (nSPS) is 11.5. The van der Waals surface area contributed by atoms with Crippen molar-refractivity contribution >= 4 is 0 Å². The molecule has 0 aliphatic heterocycles. The van der Waals surface area contributed by atoms with Crippen LogP contribution >= 0.6 is 0 Å². The molecule has 3 rings (SSSR count). The van der Waals surface area contributed by atoms with E-state index in [1.807, 2.05) is 0 Å². The Hall–Kier alpha value is -4.08. The number of nitrogens with zero attached hydrogens (tertiary/aromatic N) is 3. The zero-order valence-electron chi connectivity index (χ0n) is 16.5. The molecule has 2 aromatic heterocycles. The molecule has 1 N–H and O–H groups in total. The first-order valence-corrected chi connectivity index (χ1v) is 8.96. The molecule has 2 heterocycles. The summed E-state index contributed by atoms with van der Waals surface area (Å²) in [5.74, 6) is -2.82. The second kappa shape index (κ2) is 8.81. The van der Waals surface area contributed by atoms with Gasteiger partial charge in [0.1, 0.15) is 11.6 Å². The SMILES string of the molecule is Cc1c(C#N)cc(C(F)F)cc1Oc1c(C(F)(F)F)ncn(Cc2cc(F)c[nH]c2=O)c1=O. The number of pyridine rings is 1. The molecule has 0 spiro atoms. The smallest absolute Gasteiger partial charge is 0.437 e. The van der Waals surface area contributed by atoms with E-state index in [4.69, 9.17) is 10.00 Å². The van der Waals surface area contributed by atoms with E-state index in [1.165, 1.54) is 6.92 Å².